The molecule has 5 heterocycles. The fourth-order valence-corrected chi connectivity index (χ4v) is 6.65. The molecule has 0 aliphatic carbocycles. The maximum absolute atomic E-state index is 12.6. The molecule has 9 heteroatoms. The van der Waals surface area contributed by atoms with Gasteiger partial charge in [-0.2, -0.15) is 0 Å². The van der Waals surface area contributed by atoms with Gasteiger partial charge in [-0.05, 0) is 49.6 Å². The molecule has 1 saturated heterocycles. The Kier molecular flexibility index (Phi) is 5.96. The number of piperazine rings is 1. The lowest BCUT2D eigenvalue weighted by molar-refractivity contribution is 0.244. The second kappa shape index (κ2) is 8.77. The number of fused-ring (bicyclic) bond motifs is 2. The Morgan fingerprint density at radius 1 is 1.03 bits per heavy atom. The molecule has 0 bridgehead atoms. The summed E-state index contributed by atoms with van der Waals surface area (Å²) in [6, 6.07) is 0. The quantitative estimate of drug-likeness (QED) is 0.453. The van der Waals surface area contributed by atoms with Crippen LogP contribution in [0.2, 0.25) is 0 Å². The molecule has 33 heavy (non-hydrogen) atoms. The summed E-state index contributed by atoms with van der Waals surface area (Å²) in [6.07, 6.45) is 1.04. The van der Waals surface area contributed by atoms with Crippen molar-refractivity contribution in [1.29, 1.82) is 0 Å². The van der Waals surface area contributed by atoms with Gasteiger partial charge in [-0.3, -0.25) is 9.69 Å². The van der Waals surface area contributed by atoms with Crippen molar-refractivity contribution < 1.29 is 0 Å². The van der Waals surface area contributed by atoms with E-state index in [1.54, 1.807) is 22.7 Å². The molecule has 174 valence electrons. The number of anilines is 1. The highest BCUT2D eigenvalue weighted by Gasteiger charge is 2.24. The van der Waals surface area contributed by atoms with E-state index >= 15 is 0 Å². The monoisotopic (exact) mass is 482 g/mol. The minimum absolute atomic E-state index is 0.0236. The van der Waals surface area contributed by atoms with Crippen molar-refractivity contribution >= 4 is 48.9 Å². The van der Waals surface area contributed by atoms with Crippen LogP contribution in [0, 0.1) is 26.7 Å². The van der Waals surface area contributed by atoms with Gasteiger partial charge < -0.3 is 9.88 Å². The number of H-pyrrole nitrogens is 1. The zero-order valence-corrected chi connectivity index (χ0v) is 21.5. The third kappa shape index (κ3) is 4.29. The fraction of sp³-hybridized carbons (Fsp3) is 0.500. The number of rotatable bonds is 5. The van der Waals surface area contributed by atoms with E-state index in [1.807, 2.05) is 20.8 Å². The molecule has 0 amide bonds. The lowest BCUT2D eigenvalue weighted by Gasteiger charge is -2.35. The third-order valence-electron chi connectivity index (χ3n) is 6.36. The van der Waals surface area contributed by atoms with Crippen LogP contribution in [0.15, 0.2) is 10.2 Å². The summed E-state index contributed by atoms with van der Waals surface area (Å²) in [4.78, 5) is 37.8. The van der Waals surface area contributed by atoms with Crippen LogP contribution in [-0.2, 0) is 13.0 Å². The molecule has 0 atom stereocenters. The summed E-state index contributed by atoms with van der Waals surface area (Å²) in [7, 11) is 0. The molecule has 0 saturated carbocycles. The topological polar surface area (TPSA) is 78.0 Å². The number of hydrogen-bond donors (Lipinski definition) is 1. The van der Waals surface area contributed by atoms with E-state index in [4.69, 9.17) is 15.0 Å². The summed E-state index contributed by atoms with van der Waals surface area (Å²) in [5.41, 5.74) is 2.38. The van der Waals surface area contributed by atoms with E-state index in [0.717, 1.165) is 75.6 Å². The van der Waals surface area contributed by atoms with Crippen LogP contribution in [0.25, 0.3) is 20.4 Å². The predicted octanol–water partition coefficient (Wildman–Crippen LogP) is 4.44. The van der Waals surface area contributed by atoms with E-state index < -0.39 is 0 Å². The summed E-state index contributed by atoms with van der Waals surface area (Å²) in [6.45, 7) is 14.8. The van der Waals surface area contributed by atoms with Crippen LogP contribution >= 0.6 is 22.7 Å². The molecule has 0 unspecified atom stereocenters. The van der Waals surface area contributed by atoms with Gasteiger partial charge in [0.25, 0.3) is 5.56 Å². The first-order chi connectivity index (χ1) is 15.8. The van der Waals surface area contributed by atoms with E-state index in [-0.39, 0.29) is 5.56 Å². The lowest BCUT2D eigenvalue weighted by Crippen LogP contribution is -2.46. The standard InChI is InChI=1S/C24H30N6OS2/c1-13(2)10-17-12-32-23-20(17)21(25-16(5)26-23)30-8-6-29(7-9-30)11-18-27-22(31)19-14(3)15(4)33-24(19)28-18/h12-13H,6-11H2,1-5H3,(H,27,28,31). The van der Waals surface area contributed by atoms with Gasteiger partial charge in [0.2, 0.25) is 0 Å². The smallest absolute Gasteiger partial charge is 0.259 e. The van der Waals surface area contributed by atoms with Crippen molar-refractivity contribution in [2.45, 2.75) is 47.6 Å². The number of nitrogens with one attached hydrogen (secondary N) is 1. The third-order valence-corrected chi connectivity index (χ3v) is 8.39. The Bertz CT molecular complexity index is 1380. The number of thiophene rings is 2. The molecule has 4 aromatic rings. The second-order valence-electron chi connectivity index (χ2n) is 9.37. The fourth-order valence-electron chi connectivity index (χ4n) is 4.61. The molecule has 1 aliphatic heterocycles. The van der Waals surface area contributed by atoms with E-state index in [0.29, 0.717) is 12.5 Å². The molecule has 0 radical (unpaired) electrons. The predicted molar refractivity (Wildman–Crippen MR) is 138 cm³/mol. The molecule has 0 aromatic carbocycles. The van der Waals surface area contributed by atoms with Gasteiger partial charge in [-0.1, -0.05) is 13.8 Å². The van der Waals surface area contributed by atoms with Gasteiger partial charge in [-0.15, -0.1) is 22.7 Å². The minimum Gasteiger partial charge on any atom is -0.353 e. The van der Waals surface area contributed by atoms with Gasteiger partial charge in [-0.25, -0.2) is 15.0 Å². The van der Waals surface area contributed by atoms with E-state index in [1.165, 1.54) is 10.9 Å². The first-order valence-corrected chi connectivity index (χ1v) is 13.2. The zero-order valence-electron chi connectivity index (χ0n) is 19.9. The van der Waals surface area contributed by atoms with Crippen LogP contribution in [-0.4, -0.2) is 51.0 Å². The van der Waals surface area contributed by atoms with Crippen LogP contribution < -0.4 is 10.5 Å². The second-order valence-corrected chi connectivity index (χ2v) is 11.4. The molecule has 5 rings (SSSR count). The van der Waals surface area contributed by atoms with E-state index in [9.17, 15) is 4.79 Å². The Morgan fingerprint density at radius 3 is 2.52 bits per heavy atom. The van der Waals surface area contributed by atoms with Crippen molar-refractivity contribution in [2.75, 3.05) is 31.1 Å². The van der Waals surface area contributed by atoms with Crippen molar-refractivity contribution in [3.05, 3.63) is 43.4 Å². The van der Waals surface area contributed by atoms with Crippen LogP contribution in [0.4, 0.5) is 5.82 Å². The normalized spacial score (nSPS) is 15.4. The van der Waals surface area contributed by atoms with Crippen molar-refractivity contribution in [3.8, 4) is 0 Å². The molecule has 1 aliphatic rings. The van der Waals surface area contributed by atoms with Crippen molar-refractivity contribution in [2.24, 2.45) is 5.92 Å². The minimum atomic E-state index is -0.0236. The van der Waals surface area contributed by atoms with Gasteiger partial charge in [0, 0.05) is 31.1 Å². The van der Waals surface area contributed by atoms with Gasteiger partial charge in [0.1, 0.15) is 27.1 Å². The van der Waals surface area contributed by atoms with Gasteiger partial charge >= 0.3 is 0 Å². The SMILES string of the molecule is Cc1nc(N2CCN(Cc3nc4sc(C)c(C)c4c(=O)[nH]3)CC2)c2c(CC(C)C)csc2n1. The van der Waals surface area contributed by atoms with Crippen molar-refractivity contribution in [3.63, 3.8) is 0 Å². The molecule has 4 aromatic heterocycles. The lowest BCUT2D eigenvalue weighted by atomic mass is 10.0. The van der Waals surface area contributed by atoms with Crippen molar-refractivity contribution in [1.82, 2.24) is 24.8 Å². The highest BCUT2D eigenvalue weighted by Crippen LogP contribution is 2.34. The number of nitrogens with zero attached hydrogens (tertiary/aromatic N) is 5. The number of aromatic nitrogens is 4. The highest BCUT2D eigenvalue weighted by atomic mass is 32.1. The first-order valence-electron chi connectivity index (χ1n) is 11.5. The van der Waals surface area contributed by atoms with Gasteiger partial charge in [0.05, 0.1) is 17.3 Å². The molecule has 0 spiro atoms. The van der Waals surface area contributed by atoms with Gasteiger partial charge in [0.15, 0.2) is 0 Å². The summed E-state index contributed by atoms with van der Waals surface area (Å²) in [5, 5.41) is 4.22. The van der Waals surface area contributed by atoms with Crippen LogP contribution in [0.1, 0.15) is 41.5 Å². The average Bonchev–Trinajstić information content (AvgIpc) is 3.28. The molecule has 1 N–H and O–H groups in total. The Labute approximate surface area is 201 Å². The summed E-state index contributed by atoms with van der Waals surface area (Å²) < 4.78 is 0. The largest absolute Gasteiger partial charge is 0.353 e. The molecule has 7 nitrogen and oxygen atoms in total. The van der Waals surface area contributed by atoms with Crippen LogP contribution in [0.5, 0.6) is 0 Å². The summed E-state index contributed by atoms with van der Waals surface area (Å²) >= 11 is 3.33. The Hall–Kier alpha value is -2.36. The maximum atomic E-state index is 12.6. The summed E-state index contributed by atoms with van der Waals surface area (Å²) in [5.74, 6) is 3.25. The average molecular weight is 483 g/mol. The first kappa shape index (κ1) is 22.4. The highest BCUT2D eigenvalue weighted by molar-refractivity contribution is 7.18. The number of aryl methyl sites for hydroxylation is 3. The van der Waals surface area contributed by atoms with E-state index in [2.05, 4.69) is 34.0 Å². The number of aromatic amines is 1. The number of hydrogen-bond acceptors (Lipinski definition) is 8. The molecular formula is C24H30N6OS2. The Morgan fingerprint density at radius 2 is 1.79 bits per heavy atom. The Balaban J connectivity index is 1.35. The van der Waals surface area contributed by atoms with Crippen LogP contribution in [0.3, 0.4) is 0 Å². The maximum Gasteiger partial charge on any atom is 0.259 e. The zero-order chi connectivity index (χ0) is 23.3. The molecular weight excluding hydrogens is 452 g/mol. The molecule has 1 fully saturated rings.